The number of benzene rings is 2. The quantitative estimate of drug-likeness (QED) is 0.787. The van der Waals surface area contributed by atoms with Gasteiger partial charge in [0.1, 0.15) is 0 Å². The molecule has 3 rings (SSSR count). The van der Waals surface area contributed by atoms with Crippen LogP contribution in [0.15, 0.2) is 30.3 Å². The Morgan fingerprint density at radius 1 is 1.13 bits per heavy atom. The van der Waals surface area contributed by atoms with Gasteiger partial charge in [0.25, 0.3) is 5.91 Å². The van der Waals surface area contributed by atoms with Gasteiger partial charge < -0.3 is 14.4 Å². The first-order valence-corrected chi connectivity index (χ1v) is 7.87. The summed E-state index contributed by atoms with van der Waals surface area (Å²) in [7, 11) is 1.69. The van der Waals surface area contributed by atoms with E-state index in [-0.39, 0.29) is 12.7 Å². The fourth-order valence-corrected chi connectivity index (χ4v) is 3.02. The minimum absolute atomic E-state index is 0.100. The molecular formula is C16H12Cl3NO3. The highest BCUT2D eigenvalue weighted by Gasteiger charge is 2.22. The Morgan fingerprint density at radius 2 is 1.91 bits per heavy atom. The second kappa shape index (κ2) is 6.48. The molecule has 23 heavy (non-hydrogen) atoms. The second-order valence-corrected chi connectivity index (χ2v) is 6.34. The van der Waals surface area contributed by atoms with E-state index >= 15 is 0 Å². The normalized spacial score (nSPS) is 12.3. The molecular weight excluding hydrogens is 361 g/mol. The maximum absolute atomic E-state index is 12.6. The third-order valence-electron chi connectivity index (χ3n) is 3.44. The zero-order valence-corrected chi connectivity index (χ0v) is 14.4. The van der Waals surface area contributed by atoms with Crippen molar-refractivity contribution in [3.05, 3.63) is 56.5 Å². The molecule has 1 amide bonds. The van der Waals surface area contributed by atoms with Crippen LogP contribution < -0.4 is 9.47 Å². The number of rotatable bonds is 3. The number of hydrogen-bond acceptors (Lipinski definition) is 3. The minimum Gasteiger partial charge on any atom is -0.454 e. The van der Waals surface area contributed by atoms with Crippen molar-refractivity contribution in [2.45, 2.75) is 6.54 Å². The van der Waals surface area contributed by atoms with E-state index in [0.717, 1.165) is 5.56 Å². The molecule has 0 unspecified atom stereocenters. The van der Waals surface area contributed by atoms with E-state index in [4.69, 9.17) is 44.3 Å². The van der Waals surface area contributed by atoms with Crippen LogP contribution in [0.4, 0.5) is 0 Å². The smallest absolute Gasteiger partial charge is 0.254 e. The van der Waals surface area contributed by atoms with Gasteiger partial charge in [0.15, 0.2) is 11.5 Å². The third kappa shape index (κ3) is 3.34. The van der Waals surface area contributed by atoms with E-state index in [2.05, 4.69) is 0 Å². The molecule has 0 radical (unpaired) electrons. The van der Waals surface area contributed by atoms with Crippen molar-refractivity contribution < 1.29 is 14.3 Å². The summed E-state index contributed by atoms with van der Waals surface area (Å²) in [5, 5.41) is 1.41. The highest BCUT2D eigenvalue weighted by molar-refractivity contribution is 6.35. The van der Waals surface area contributed by atoms with Crippen LogP contribution in [0.3, 0.4) is 0 Å². The van der Waals surface area contributed by atoms with Gasteiger partial charge in [-0.05, 0) is 29.8 Å². The van der Waals surface area contributed by atoms with E-state index < -0.39 is 0 Å². The van der Waals surface area contributed by atoms with Crippen LogP contribution in [0.1, 0.15) is 15.9 Å². The molecule has 1 aliphatic rings. The number of fused-ring (bicyclic) bond motifs is 1. The van der Waals surface area contributed by atoms with Crippen molar-refractivity contribution in [3.8, 4) is 11.5 Å². The summed E-state index contributed by atoms with van der Waals surface area (Å²) in [6, 6.07) is 8.36. The lowest BCUT2D eigenvalue weighted by Crippen LogP contribution is -2.26. The molecule has 0 spiro atoms. The molecule has 120 valence electrons. The van der Waals surface area contributed by atoms with Gasteiger partial charge in [0.2, 0.25) is 6.79 Å². The third-order valence-corrected chi connectivity index (χ3v) is 4.31. The fourth-order valence-electron chi connectivity index (χ4n) is 2.29. The van der Waals surface area contributed by atoms with Crippen LogP contribution in [0.25, 0.3) is 0 Å². The number of carbonyl (C=O) groups excluding carboxylic acids is 1. The van der Waals surface area contributed by atoms with Crippen molar-refractivity contribution in [1.82, 2.24) is 4.90 Å². The maximum Gasteiger partial charge on any atom is 0.254 e. The molecule has 7 heteroatoms. The number of carbonyl (C=O) groups is 1. The van der Waals surface area contributed by atoms with Crippen LogP contribution in [0.2, 0.25) is 15.1 Å². The van der Waals surface area contributed by atoms with Gasteiger partial charge in [0, 0.05) is 29.2 Å². The Bertz CT molecular complexity index is 779. The molecule has 2 aromatic rings. The summed E-state index contributed by atoms with van der Waals surface area (Å²) < 4.78 is 10.5. The topological polar surface area (TPSA) is 38.8 Å². The lowest BCUT2D eigenvalue weighted by molar-refractivity contribution is 0.0784. The first-order valence-electron chi connectivity index (χ1n) is 6.74. The van der Waals surface area contributed by atoms with Gasteiger partial charge in [-0.1, -0.05) is 40.9 Å². The average molecular weight is 373 g/mol. The highest BCUT2D eigenvalue weighted by atomic mass is 35.5. The summed E-state index contributed by atoms with van der Waals surface area (Å²) in [5.41, 5.74) is 1.23. The zero-order chi connectivity index (χ0) is 16.6. The summed E-state index contributed by atoms with van der Waals surface area (Å²) >= 11 is 18.1. The summed E-state index contributed by atoms with van der Waals surface area (Å²) in [6.45, 7) is 0.448. The van der Waals surface area contributed by atoms with Gasteiger partial charge in [-0.2, -0.15) is 0 Å². The lowest BCUT2D eigenvalue weighted by atomic mass is 10.1. The molecule has 2 aromatic carbocycles. The summed E-state index contributed by atoms with van der Waals surface area (Å²) in [4.78, 5) is 14.1. The molecule has 0 N–H and O–H groups in total. The predicted molar refractivity (Wildman–Crippen MR) is 89.8 cm³/mol. The maximum atomic E-state index is 12.6. The van der Waals surface area contributed by atoms with Crippen LogP contribution in [0.5, 0.6) is 11.5 Å². The van der Waals surface area contributed by atoms with Gasteiger partial charge in [0.05, 0.1) is 5.02 Å². The molecule has 4 nitrogen and oxygen atoms in total. The fraction of sp³-hybridized carbons (Fsp3) is 0.188. The van der Waals surface area contributed by atoms with Gasteiger partial charge >= 0.3 is 0 Å². The first kappa shape index (κ1) is 16.2. The molecule has 1 heterocycles. The number of halogens is 3. The van der Waals surface area contributed by atoms with Crippen molar-refractivity contribution in [1.29, 1.82) is 0 Å². The molecule has 0 saturated heterocycles. The first-order chi connectivity index (χ1) is 11.0. The Balaban J connectivity index is 1.81. The van der Waals surface area contributed by atoms with E-state index in [9.17, 15) is 4.79 Å². The number of hydrogen-bond donors (Lipinski definition) is 0. The van der Waals surface area contributed by atoms with E-state index in [0.29, 0.717) is 38.7 Å². The minimum atomic E-state index is -0.198. The predicted octanol–water partition coefficient (Wildman–Crippen LogP) is 4.65. The summed E-state index contributed by atoms with van der Waals surface area (Å²) in [6.07, 6.45) is 0. The molecule has 0 saturated carbocycles. The van der Waals surface area contributed by atoms with Crippen molar-refractivity contribution >= 4 is 40.7 Å². The Labute approximate surface area is 148 Å². The number of nitrogens with zero attached hydrogens (tertiary/aromatic N) is 1. The van der Waals surface area contributed by atoms with Crippen LogP contribution in [-0.2, 0) is 6.54 Å². The van der Waals surface area contributed by atoms with E-state index in [1.807, 2.05) is 0 Å². The molecule has 1 aliphatic heterocycles. The van der Waals surface area contributed by atoms with Gasteiger partial charge in [-0.25, -0.2) is 0 Å². The molecule has 0 atom stereocenters. The standard InChI is InChI=1S/C16H12Cl3NO3/c1-20(7-9-2-3-11(17)6-12(9)18)16(21)10-4-13(19)15-14(5-10)22-8-23-15/h2-6H,7-8H2,1H3. The van der Waals surface area contributed by atoms with Crippen LogP contribution >= 0.6 is 34.8 Å². The Hall–Kier alpha value is -1.62. The Morgan fingerprint density at radius 3 is 2.65 bits per heavy atom. The van der Waals surface area contributed by atoms with E-state index in [1.165, 1.54) is 0 Å². The van der Waals surface area contributed by atoms with Crippen molar-refractivity contribution in [3.63, 3.8) is 0 Å². The highest BCUT2D eigenvalue weighted by Crippen LogP contribution is 2.40. The number of amides is 1. The monoisotopic (exact) mass is 371 g/mol. The zero-order valence-electron chi connectivity index (χ0n) is 12.1. The van der Waals surface area contributed by atoms with Crippen molar-refractivity contribution in [2.24, 2.45) is 0 Å². The van der Waals surface area contributed by atoms with Crippen molar-refractivity contribution in [2.75, 3.05) is 13.8 Å². The molecule has 0 aromatic heterocycles. The molecule has 0 aliphatic carbocycles. The SMILES string of the molecule is CN(Cc1ccc(Cl)cc1Cl)C(=O)c1cc(Cl)c2c(c1)OCO2. The van der Waals surface area contributed by atoms with Gasteiger partial charge in [-0.15, -0.1) is 0 Å². The molecule has 0 fully saturated rings. The van der Waals surface area contributed by atoms with Crippen LogP contribution in [-0.4, -0.2) is 24.6 Å². The second-order valence-electron chi connectivity index (χ2n) is 5.09. The largest absolute Gasteiger partial charge is 0.454 e. The van der Waals surface area contributed by atoms with E-state index in [1.54, 1.807) is 42.3 Å². The average Bonchev–Trinajstić information content (AvgIpc) is 2.98. The van der Waals surface area contributed by atoms with Crippen LogP contribution in [0, 0.1) is 0 Å². The molecule has 0 bridgehead atoms. The summed E-state index contributed by atoms with van der Waals surface area (Å²) in [5.74, 6) is 0.738. The van der Waals surface area contributed by atoms with Gasteiger partial charge in [-0.3, -0.25) is 4.79 Å². The number of ether oxygens (including phenoxy) is 2. The Kier molecular flexibility index (Phi) is 4.57. The lowest BCUT2D eigenvalue weighted by Gasteiger charge is -2.18.